The van der Waals surface area contributed by atoms with E-state index in [1.165, 1.54) is 36.8 Å². The summed E-state index contributed by atoms with van der Waals surface area (Å²) in [6.45, 7) is 2.32. The van der Waals surface area contributed by atoms with Crippen LogP contribution in [0, 0.1) is 11.8 Å². The van der Waals surface area contributed by atoms with E-state index in [1.807, 2.05) is 30.3 Å². The van der Waals surface area contributed by atoms with Gasteiger partial charge in [-0.1, -0.05) is 74.4 Å². The summed E-state index contributed by atoms with van der Waals surface area (Å²) in [5.74, 6) is 1.74. The quantitative estimate of drug-likeness (QED) is 0.655. The van der Waals surface area contributed by atoms with Crippen LogP contribution >= 0.6 is 0 Å². The Morgan fingerprint density at radius 3 is 2.09 bits per heavy atom. The minimum absolute atomic E-state index is 0.305. The Morgan fingerprint density at radius 1 is 0.864 bits per heavy atom. The van der Waals surface area contributed by atoms with Gasteiger partial charge in [-0.3, -0.25) is 4.79 Å². The zero-order chi connectivity index (χ0) is 15.4. The molecule has 0 aliphatic heterocycles. The van der Waals surface area contributed by atoms with E-state index < -0.39 is 0 Å². The largest absolute Gasteiger partial charge is 0.294 e. The first-order valence-electron chi connectivity index (χ1n) is 8.41. The SMILES string of the molecule is CC1CCC(CC(=O)c2ccc(-c3ccccc3)cc2)CC1. The number of benzene rings is 2. The summed E-state index contributed by atoms with van der Waals surface area (Å²) >= 11 is 0. The van der Waals surface area contributed by atoms with Crippen LogP contribution in [-0.2, 0) is 0 Å². The van der Waals surface area contributed by atoms with E-state index >= 15 is 0 Å². The van der Waals surface area contributed by atoms with Crippen molar-refractivity contribution in [2.45, 2.75) is 39.0 Å². The van der Waals surface area contributed by atoms with E-state index in [4.69, 9.17) is 0 Å². The van der Waals surface area contributed by atoms with Crippen molar-refractivity contribution in [3.05, 3.63) is 60.2 Å². The molecule has 3 rings (SSSR count). The van der Waals surface area contributed by atoms with Crippen LogP contribution in [-0.4, -0.2) is 5.78 Å². The van der Waals surface area contributed by atoms with Crippen LogP contribution in [0.4, 0.5) is 0 Å². The predicted octanol–water partition coefficient (Wildman–Crippen LogP) is 5.75. The van der Waals surface area contributed by atoms with Gasteiger partial charge in [0.25, 0.3) is 0 Å². The Bertz CT molecular complexity index is 604. The monoisotopic (exact) mass is 292 g/mol. The molecular formula is C21H24O. The van der Waals surface area contributed by atoms with Crippen LogP contribution in [0.2, 0.25) is 0 Å². The van der Waals surface area contributed by atoms with Crippen LogP contribution in [0.3, 0.4) is 0 Å². The van der Waals surface area contributed by atoms with Crippen molar-refractivity contribution in [1.82, 2.24) is 0 Å². The second-order valence-electron chi connectivity index (χ2n) is 6.70. The van der Waals surface area contributed by atoms with Crippen LogP contribution in [0.1, 0.15) is 49.4 Å². The summed E-state index contributed by atoms with van der Waals surface area (Å²) in [6.07, 6.45) is 5.72. The van der Waals surface area contributed by atoms with Crippen LogP contribution in [0.25, 0.3) is 11.1 Å². The van der Waals surface area contributed by atoms with E-state index in [1.54, 1.807) is 0 Å². The summed E-state index contributed by atoms with van der Waals surface area (Å²) in [5.41, 5.74) is 3.23. The number of carbonyl (C=O) groups is 1. The van der Waals surface area contributed by atoms with Crippen molar-refractivity contribution in [3.8, 4) is 11.1 Å². The summed E-state index contributed by atoms with van der Waals surface area (Å²) in [7, 11) is 0. The minimum atomic E-state index is 0.305. The van der Waals surface area contributed by atoms with E-state index in [9.17, 15) is 4.79 Å². The molecule has 114 valence electrons. The standard InChI is InChI=1S/C21H24O/c1-16-7-9-17(10-8-16)15-21(22)20-13-11-19(12-14-20)18-5-3-2-4-6-18/h2-6,11-14,16-17H,7-10,15H2,1H3. The number of hydrogen-bond acceptors (Lipinski definition) is 1. The fraction of sp³-hybridized carbons (Fsp3) is 0.381. The van der Waals surface area contributed by atoms with Gasteiger partial charge >= 0.3 is 0 Å². The maximum absolute atomic E-state index is 12.4. The Labute approximate surface area is 133 Å². The fourth-order valence-electron chi connectivity index (χ4n) is 3.39. The topological polar surface area (TPSA) is 17.1 Å². The Hall–Kier alpha value is -1.89. The third-order valence-corrected chi connectivity index (χ3v) is 4.92. The van der Waals surface area contributed by atoms with E-state index in [2.05, 4.69) is 31.2 Å². The number of carbonyl (C=O) groups excluding carboxylic acids is 1. The average molecular weight is 292 g/mol. The lowest BCUT2D eigenvalue weighted by Crippen LogP contribution is -2.16. The molecule has 1 aliphatic rings. The zero-order valence-corrected chi connectivity index (χ0v) is 13.3. The lowest BCUT2D eigenvalue weighted by molar-refractivity contribution is 0.0944. The van der Waals surface area contributed by atoms with Crippen LogP contribution in [0.15, 0.2) is 54.6 Å². The van der Waals surface area contributed by atoms with Gasteiger partial charge < -0.3 is 0 Å². The van der Waals surface area contributed by atoms with Gasteiger partial charge in [-0.25, -0.2) is 0 Å². The molecule has 0 N–H and O–H groups in total. The molecule has 1 aliphatic carbocycles. The molecule has 0 amide bonds. The number of hydrogen-bond donors (Lipinski definition) is 0. The molecule has 0 heterocycles. The van der Waals surface area contributed by atoms with Crippen molar-refractivity contribution in [3.63, 3.8) is 0 Å². The van der Waals surface area contributed by atoms with Gasteiger partial charge in [0, 0.05) is 12.0 Å². The molecular weight excluding hydrogens is 268 g/mol. The van der Waals surface area contributed by atoms with Gasteiger partial charge in [-0.15, -0.1) is 0 Å². The first-order chi connectivity index (χ1) is 10.7. The van der Waals surface area contributed by atoms with Gasteiger partial charge in [0.15, 0.2) is 5.78 Å². The number of Topliss-reactive ketones (excluding diaryl/α,β-unsaturated/α-hetero) is 1. The minimum Gasteiger partial charge on any atom is -0.294 e. The molecule has 0 saturated heterocycles. The van der Waals surface area contributed by atoms with Crippen molar-refractivity contribution in [2.24, 2.45) is 11.8 Å². The van der Waals surface area contributed by atoms with Gasteiger partial charge in [0.2, 0.25) is 0 Å². The van der Waals surface area contributed by atoms with E-state index in [0.29, 0.717) is 11.7 Å². The second kappa shape index (κ2) is 6.91. The molecule has 2 aromatic carbocycles. The molecule has 1 fully saturated rings. The normalized spacial score (nSPS) is 21.5. The van der Waals surface area contributed by atoms with Gasteiger partial charge in [-0.2, -0.15) is 0 Å². The molecule has 1 nitrogen and oxygen atoms in total. The van der Waals surface area contributed by atoms with Gasteiger partial charge in [0.05, 0.1) is 0 Å². The third kappa shape index (κ3) is 3.65. The number of rotatable bonds is 4. The molecule has 2 aromatic rings. The summed E-state index contributed by atoms with van der Waals surface area (Å²) in [4.78, 5) is 12.4. The fourth-order valence-corrected chi connectivity index (χ4v) is 3.39. The van der Waals surface area contributed by atoms with Gasteiger partial charge in [-0.05, 0) is 35.8 Å². The van der Waals surface area contributed by atoms with Crippen molar-refractivity contribution in [1.29, 1.82) is 0 Å². The highest BCUT2D eigenvalue weighted by Gasteiger charge is 2.21. The molecule has 0 atom stereocenters. The Morgan fingerprint density at radius 2 is 1.45 bits per heavy atom. The molecule has 0 bridgehead atoms. The average Bonchev–Trinajstić information content (AvgIpc) is 2.58. The maximum atomic E-state index is 12.4. The maximum Gasteiger partial charge on any atom is 0.163 e. The van der Waals surface area contributed by atoms with Crippen molar-refractivity contribution >= 4 is 5.78 Å². The number of ketones is 1. The van der Waals surface area contributed by atoms with Crippen molar-refractivity contribution in [2.75, 3.05) is 0 Å². The van der Waals surface area contributed by atoms with Gasteiger partial charge in [0.1, 0.15) is 0 Å². The molecule has 1 saturated carbocycles. The Kier molecular flexibility index (Phi) is 4.72. The molecule has 1 heteroatoms. The smallest absolute Gasteiger partial charge is 0.163 e. The third-order valence-electron chi connectivity index (χ3n) is 4.92. The first kappa shape index (κ1) is 15.0. The molecule has 22 heavy (non-hydrogen) atoms. The second-order valence-corrected chi connectivity index (χ2v) is 6.70. The lowest BCUT2D eigenvalue weighted by atomic mass is 9.80. The van der Waals surface area contributed by atoms with Crippen molar-refractivity contribution < 1.29 is 4.79 Å². The zero-order valence-electron chi connectivity index (χ0n) is 13.3. The predicted molar refractivity (Wildman–Crippen MR) is 91.9 cm³/mol. The van der Waals surface area contributed by atoms with E-state index in [-0.39, 0.29) is 0 Å². The molecule has 0 spiro atoms. The highest BCUT2D eigenvalue weighted by molar-refractivity contribution is 5.96. The van der Waals surface area contributed by atoms with E-state index in [0.717, 1.165) is 17.9 Å². The lowest BCUT2D eigenvalue weighted by Gasteiger charge is -2.25. The highest BCUT2D eigenvalue weighted by Crippen LogP contribution is 2.31. The molecule has 0 unspecified atom stereocenters. The summed E-state index contributed by atoms with van der Waals surface area (Å²) in [5, 5.41) is 0. The summed E-state index contributed by atoms with van der Waals surface area (Å²) in [6, 6.07) is 18.4. The summed E-state index contributed by atoms with van der Waals surface area (Å²) < 4.78 is 0. The Balaban J connectivity index is 1.64. The highest BCUT2D eigenvalue weighted by atomic mass is 16.1. The molecule has 0 radical (unpaired) electrons. The van der Waals surface area contributed by atoms with Crippen LogP contribution in [0.5, 0.6) is 0 Å². The van der Waals surface area contributed by atoms with Crippen LogP contribution < -0.4 is 0 Å². The molecule has 0 aromatic heterocycles. The first-order valence-corrected chi connectivity index (χ1v) is 8.41.